The number of benzene rings is 2. The van der Waals surface area contributed by atoms with Gasteiger partial charge in [0, 0.05) is 30.1 Å². The number of aromatic amines is 1. The number of rotatable bonds is 6. The van der Waals surface area contributed by atoms with Gasteiger partial charge in [0.25, 0.3) is 0 Å². The third kappa shape index (κ3) is 4.34. The van der Waals surface area contributed by atoms with Crippen LogP contribution in [0.15, 0.2) is 71.7 Å². The largest absolute Gasteiger partial charge is 0.343 e. The van der Waals surface area contributed by atoms with E-state index in [4.69, 9.17) is 4.98 Å². The van der Waals surface area contributed by atoms with E-state index in [2.05, 4.69) is 62.4 Å². The Hall–Kier alpha value is -3.84. The summed E-state index contributed by atoms with van der Waals surface area (Å²) in [6, 6.07) is 20.2. The Kier molecular flexibility index (Phi) is 6.84. The number of aromatic nitrogens is 6. The zero-order valence-corrected chi connectivity index (χ0v) is 19.8. The average Bonchev–Trinajstić information content (AvgIpc) is 3.40. The molecule has 0 saturated heterocycles. The molecule has 0 unspecified atom stereocenters. The lowest BCUT2D eigenvalue weighted by molar-refractivity contribution is 0.820. The summed E-state index contributed by atoms with van der Waals surface area (Å²) in [4.78, 5) is 17.3. The van der Waals surface area contributed by atoms with Crippen LogP contribution in [0, 0.1) is 0 Å². The maximum Gasteiger partial charge on any atom is 0.205 e. The van der Waals surface area contributed by atoms with Crippen LogP contribution in [-0.4, -0.2) is 30.2 Å². The van der Waals surface area contributed by atoms with E-state index >= 15 is 0 Å². The van der Waals surface area contributed by atoms with Crippen LogP contribution in [-0.2, 0) is 19.4 Å². The van der Waals surface area contributed by atoms with E-state index in [1.54, 1.807) is 6.07 Å². The molecule has 0 amide bonds. The van der Waals surface area contributed by atoms with Crippen molar-refractivity contribution in [3.05, 3.63) is 94.0 Å². The monoisotopic (exact) mass is 472 g/mol. The smallest absolute Gasteiger partial charge is 0.205 e. The molecule has 3 heterocycles. The number of H-pyrrole nitrogens is 1. The second-order valence-corrected chi connectivity index (χ2v) is 7.95. The molecule has 172 valence electrons. The van der Waals surface area contributed by atoms with Crippen molar-refractivity contribution in [2.75, 3.05) is 0 Å². The molecule has 3 aromatic heterocycles. The Labute approximate surface area is 203 Å². The van der Waals surface area contributed by atoms with Crippen molar-refractivity contribution in [3.63, 3.8) is 0 Å². The van der Waals surface area contributed by atoms with Gasteiger partial charge in [-0.05, 0) is 40.8 Å². The molecule has 34 heavy (non-hydrogen) atoms. The first-order chi connectivity index (χ1) is 16.2. The zero-order chi connectivity index (χ0) is 22.8. The predicted molar refractivity (Wildman–Crippen MR) is 136 cm³/mol. The summed E-state index contributed by atoms with van der Waals surface area (Å²) in [6.45, 7) is 4.80. The first kappa shape index (κ1) is 23.3. The van der Waals surface area contributed by atoms with E-state index in [0.717, 1.165) is 57.4 Å². The number of hydrogen-bond donors (Lipinski definition) is 1. The molecule has 0 aliphatic heterocycles. The minimum atomic E-state index is 0. The SMILES string of the molecule is CCc1cc2c(c(CC)n1)c(=O)ccn2Cc1ccc(-c2ccccc2-c2nn[nH]n2)cc1.Cl. The molecule has 0 aliphatic rings. The van der Waals surface area contributed by atoms with Crippen LogP contribution in [0.5, 0.6) is 0 Å². The lowest BCUT2D eigenvalue weighted by atomic mass is 9.98. The highest BCUT2D eigenvalue weighted by atomic mass is 35.5. The fourth-order valence-electron chi connectivity index (χ4n) is 4.22. The van der Waals surface area contributed by atoms with Crippen molar-refractivity contribution < 1.29 is 0 Å². The number of hydrogen-bond acceptors (Lipinski definition) is 5. The maximum atomic E-state index is 12.6. The number of fused-ring (bicyclic) bond motifs is 1. The van der Waals surface area contributed by atoms with Crippen molar-refractivity contribution in [2.45, 2.75) is 33.2 Å². The van der Waals surface area contributed by atoms with Gasteiger partial charge < -0.3 is 4.57 Å². The molecular formula is C26H25ClN6O. The fraction of sp³-hybridized carbons (Fsp3) is 0.192. The van der Waals surface area contributed by atoms with Crippen LogP contribution in [0.3, 0.4) is 0 Å². The predicted octanol–water partition coefficient (Wildman–Crippen LogP) is 4.84. The lowest BCUT2D eigenvalue weighted by Crippen LogP contribution is -2.13. The van der Waals surface area contributed by atoms with Gasteiger partial charge in [-0.15, -0.1) is 22.6 Å². The Morgan fingerprint density at radius 2 is 1.71 bits per heavy atom. The molecular weight excluding hydrogens is 448 g/mol. The third-order valence-electron chi connectivity index (χ3n) is 5.92. The number of pyridine rings is 2. The molecule has 0 fully saturated rings. The van der Waals surface area contributed by atoms with Gasteiger partial charge in [0.15, 0.2) is 5.43 Å². The van der Waals surface area contributed by atoms with Crippen LogP contribution in [0.2, 0.25) is 0 Å². The van der Waals surface area contributed by atoms with Gasteiger partial charge in [0.2, 0.25) is 5.82 Å². The summed E-state index contributed by atoms with van der Waals surface area (Å²) in [5.41, 5.74) is 7.05. The highest BCUT2D eigenvalue weighted by Crippen LogP contribution is 2.30. The fourth-order valence-corrected chi connectivity index (χ4v) is 4.22. The first-order valence-corrected chi connectivity index (χ1v) is 11.1. The molecule has 0 bridgehead atoms. The van der Waals surface area contributed by atoms with E-state index < -0.39 is 0 Å². The van der Waals surface area contributed by atoms with Gasteiger partial charge >= 0.3 is 0 Å². The van der Waals surface area contributed by atoms with Gasteiger partial charge in [-0.1, -0.05) is 62.4 Å². The number of nitrogens with zero attached hydrogens (tertiary/aromatic N) is 5. The molecule has 0 saturated carbocycles. The molecule has 0 aliphatic carbocycles. The molecule has 5 rings (SSSR count). The van der Waals surface area contributed by atoms with E-state index in [0.29, 0.717) is 12.4 Å². The molecule has 1 N–H and O–H groups in total. The lowest BCUT2D eigenvalue weighted by Gasteiger charge is -2.14. The Balaban J connectivity index is 0.00000274. The normalized spacial score (nSPS) is 10.9. The molecule has 0 spiro atoms. The molecule has 0 atom stereocenters. The Morgan fingerprint density at radius 3 is 2.38 bits per heavy atom. The molecule has 0 radical (unpaired) electrons. The van der Waals surface area contributed by atoms with Crippen molar-refractivity contribution in [1.29, 1.82) is 0 Å². The Morgan fingerprint density at radius 1 is 0.941 bits per heavy atom. The van der Waals surface area contributed by atoms with Crippen molar-refractivity contribution in [3.8, 4) is 22.5 Å². The highest BCUT2D eigenvalue weighted by molar-refractivity contribution is 5.85. The zero-order valence-electron chi connectivity index (χ0n) is 19.0. The van der Waals surface area contributed by atoms with Crippen molar-refractivity contribution in [2.24, 2.45) is 0 Å². The van der Waals surface area contributed by atoms with Crippen LogP contribution in [0.25, 0.3) is 33.4 Å². The van der Waals surface area contributed by atoms with Gasteiger partial charge in [-0.25, -0.2) is 0 Å². The molecule has 5 aromatic rings. The van der Waals surface area contributed by atoms with Gasteiger partial charge in [0.1, 0.15) is 0 Å². The topological polar surface area (TPSA) is 89.4 Å². The van der Waals surface area contributed by atoms with E-state index in [1.807, 2.05) is 37.4 Å². The number of aryl methyl sites for hydroxylation is 2. The highest BCUT2D eigenvalue weighted by Gasteiger charge is 2.12. The second-order valence-electron chi connectivity index (χ2n) is 7.95. The maximum absolute atomic E-state index is 12.6. The minimum Gasteiger partial charge on any atom is -0.343 e. The van der Waals surface area contributed by atoms with Crippen molar-refractivity contribution in [1.82, 2.24) is 30.2 Å². The summed E-state index contributed by atoms with van der Waals surface area (Å²) < 4.78 is 2.14. The van der Waals surface area contributed by atoms with E-state index in [1.165, 1.54) is 0 Å². The first-order valence-electron chi connectivity index (χ1n) is 11.1. The summed E-state index contributed by atoms with van der Waals surface area (Å²) in [5.74, 6) is 0.571. The molecule has 2 aromatic carbocycles. The summed E-state index contributed by atoms with van der Waals surface area (Å²) in [5, 5.41) is 15.2. The second kappa shape index (κ2) is 9.97. The molecule has 8 heteroatoms. The summed E-state index contributed by atoms with van der Waals surface area (Å²) in [7, 11) is 0. The number of nitrogens with one attached hydrogen (secondary N) is 1. The summed E-state index contributed by atoms with van der Waals surface area (Å²) in [6.07, 6.45) is 3.45. The minimum absolute atomic E-state index is 0. The van der Waals surface area contributed by atoms with Crippen molar-refractivity contribution >= 4 is 23.3 Å². The Bertz CT molecular complexity index is 1480. The van der Waals surface area contributed by atoms with Crippen LogP contribution in [0.1, 0.15) is 30.8 Å². The quantitative estimate of drug-likeness (QED) is 0.382. The number of tetrazole rings is 1. The number of halogens is 1. The van der Waals surface area contributed by atoms with Gasteiger partial charge in [0.05, 0.1) is 16.6 Å². The van der Waals surface area contributed by atoms with E-state index in [-0.39, 0.29) is 17.8 Å². The van der Waals surface area contributed by atoms with Crippen LogP contribution in [0.4, 0.5) is 0 Å². The van der Waals surface area contributed by atoms with E-state index in [9.17, 15) is 4.79 Å². The average molecular weight is 473 g/mol. The van der Waals surface area contributed by atoms with Crippen LogP contribution < -0.4 is 5.43 Å². The third-order valence-corrected chi connectivity index (χ3v) is 5.92. The van der Waals surface area contributed by atoms with Gasteiger partial charge in [-0.2, -0.15) is 5.21 Å². The van der Waals surface area contributed by atoms with Crippen LogP contribution >= 0.6 is 12.4 Å². The van der Waals surface area contributed by atoms with Gasteiger partial charge in [-0.3, -0.25) is 9.78 Å². The standard InChI is InChI=1S/C26H24N6O.ClH/c1-3-19-15-23-25(22(4-2)27-19)24(33)13-14-32(23)16-17-9-11-18(12-10-17)20-7-5-6-8-21(20)26-28-30-31-29-26;/h5-15H,3-4,16H2,1-2H3,(H,28,29,30,31);1H. The molecule has 7 nitrogen and oxygen atoms in total. The summed E-state index contributed by atoms with van der Waals surface area (Å²) >= 11 is 0.